The fourth-order valence-corrected chi connectivity index (χ4v) is 9.41. The van der Waals surface area contributed by atoms with Gasteiger partial charge in [0, 0.05) is 33.4 Å². The summed E-state index contributed by atoms with van der Waals surface area (Å²) in [5.74, 6) is 0. The van der Waals surface area contributed by atoms with E-state index in [2.05, 4.69) is 229 Å². The Labute approximate surface area is 360 Å². The first kappa shape index (κ1) is 35.7. The number of nitrogens with zero attached hydrogens (tertiary/aromatic N) is 1. The van der Waals surface area contributed by atoms with Crippen LogP contribution in [0.15, 0.2) is 241 Å². The summed E-state index contributed by atoms with van der Waals surface area (Å²) in [7, 11) is 0. The number of hydrogen-bond donors (Lipinski definition) is 0. The Kier molecular flexibility index (Phi) is 8.53. The predicted molar refractivity (Wildman–Crippen MR) is 263 cm³/mol. The van der Waals surface area contributed by atoms with Crippen molar-refractivity contribution in [1.82, 2.24) is 0 Å². The minimum atomic E-state index is 0.905. The maximum atomic E-state index is 6.43. The smallest absolute Gasteiger partial charge is 0.143 e. The highest BCUT2D eigenvalue weighted by Gasteiger charge is 2.17. The lowest BCUT2D eigenvalue weighted by Gasteiger charge is -2.26. The zero-order valence-electron chi connectivity index (χ0n) is 33.9. The molecule has 62 heavy (non-hydrogen) atoms. The second-order valence-corrected chi connectivity index (χ2v) is 16.1. The Morgan fingerprint density at radius 1 is 0.242 bits per heavy atom. The van der Waals surface area contributed by atoms with Crippen molar-refractivity contribution >= 4 is 71.3 Å². The molecule has 0 amide bonds. The lowest BCUT2D eigenvalue weighted by molar-refractivity contribution is 0.670. The third-order valence-corrected chi connectivity index (χ3v) is 12.5. The van der Waals surface area contributed by atoms with Crippen molar-refractivity contribution in [1.29, 1.82) is 0 Å². The van der Waals surface area contributed by atoms with Gasteiger partial charge in [-0.15, -0.1) is 0 Å². The lowest BCUT2D eigenvalue weighted by atomic mass is 9.92. The molecular formula is C60H39NO. The average molecular weight is 790 g/mol. The van der Waals surface area contributed by atoms with Gasteiger partial charge in [0.15, 0.2) is 0 Å². The third-order valence-electron chi connectivity index (χ3n) is 12.5. The Morgan fingerprint density at radius 3 is 1.34 bits per heavy atom. The molecule has 0 fully saturated rings. The molecule has 0 unspecified atom stereocenters. The van der Waals surface area contributed by atoms with Gasteiger partial charge in [-0.1, -0.05) is 188 Å². The van der Waals surface area contributed by atoms with Crippen LogP contribution < -0.4 is 4.90 Å². The second kappa shape index (κ2) is 14.8. The van der Waals surface area contributed by atoms with Crippen LogP contribution in [-0.2, 0) is 0 Å². The fraction of sp³-hybridized carbons (Fsp3) is 0. The molecule has 0 saturated heterocycles. The van der Waals surface area contributed by atoms with E-state index >= 15 is 0 Å². The number of furan rings is 1. The molecule has 0 N–H and O–H groups in total. The molecule has 0 spiro atoms. The Hall–Kier alpha value is -8.20. The highest BCUT2D eigenvalue weighted by atomic mass is 16.3. The zero-order valence-corrected chi connectivity index (χ0v) is 33.9. The van der Waals surface area contributed by atoms with Crippen LogP contribution in [-0.4, -0.2) is 0 Å². The van der Waals surface area contributed by atoms with E-state index in [9.17, 15) is 0 Å². The van der Waals surface area contributed by atoms with Crippen molar-refractivity contribution in [3.8, 4) is 44.5 Å². The fourth-order valence-electron chi connectivity index (χ4n) is 9.41. The van der Waals surface area contributed by atoms with Crippen LogP contribution in [0.5, 0.6) is 0 Å². The molecule has 0 saturated carbocycles. The van der Waals surface area contributed by atoms with Crippen LogP contribution in [0.4, 0.5) is 17.1 Å². The minimum Gasteiger partial charge on any atom is -0.455 e. The number of anilines is 3. The van der Waals surface area contributed by atoms with E-state index in [1.54, 1.807) is 0 Å². The molecule has 0 aliphatic carbocycles. The number of fused-ring (bicyclic) bond motifs is 9. The summed E-state index contributed by atoms with van der Waals surface area (Å²) < 4.78 is 6.43. The van der Waals surface area contributed by atoms with Gasteiger partial charge in [-0.3, -0.25) is 0 Å². The topological polar surface area (TPSA) is 16.4 Å². The first-order valence-corrected chi connectivity index (χ1v) is 21.2. The first-order chi connectivity index (χ1) is 30.7. The van der Waals surface area contributed by atoms with Gasteiger partial charge in [0.05, 0.1) is 0 Å². The number of rotatable bonds is 7. The average Bonchev–Trinajstić information content (AvgIpc) is 3.74. The van der Waals surface area contributed by atoms with Crippen LogP contribution in [0, 0.1) is 0 Å². The quantitative estimate of drug-likeness (QED) is 0.150. The SMILES string of the molecule is c1ccc(-c2ccc(N(c3ccc(-c4cccc5c4oc4ccccc45)cc3)c3cccc(-c4ccc(-c5ccc6c7ccccc7c7ccccc7c6c5)cc4)c3)cc2)cc1. The molecule has 1 heterocycles. The summed E-state index contributed by atoms with van der Waals surface area (Å²) in [6, 6.07) is 85.4. The standard InChI is InChI=1S/C60H39NO/c1-2-12-40(13-3-1)41-28-33-47(34-29-41)61(48-35-30-44(31-36-48)50-21-11-22-57-56-20-8-9-23-59(56)62-60(50)57)49-15-10-14-45(38-49)42-24-26-43(27-25-42)46-32-37-55-53-18-5-4-16-51(53)52-17-6-7-19-54(52)58(55)39-46/h1-39H. The van der Waals surface area contributed by atoms with Gasteiger partial charge in [-0.25, -0.2) is 0 Å². The van der Waals surface area contributed by atoms with E-state index in [1.165, 1.54) is 60.1 Å². The summed E-state index contributed by atoms with van der Waals surface area (Å²) in [6.07, 6.45) is 0. The van der Waals surface area contributed by atoms with E-state index in [0.29, 0.717) is 0 Å². The number of hydrogen-bond acceptors (Lipinski definition) is 2. The molecule has 12 rings (SSSR count). The van der Waals surface area contributed by atoms with Crippen LogP contribution in [0.2, 0.25) is 0 Å². The van der Waals surface area contributed by atoms with Crippen LogP contribution in [0.3, 0.4) is 0 Å². The van der Waals surface area contributed by atoms with Crippen molar-refractivity contribution < 1.29 is 4.42 Å². The van der Waals surface area contributed by atoms with E-state index in [0.717, 1.165) is 55.7 Å². The molecule has 0 aliphatic rings. The zero-order chi connectivity index (χ0) is 41.0. The summed E-state index contributed by atoms with van der Waals surface area (Å²) >= 11 is 0. The first-order valence-electron chi connectivity index (χ1n) is 21.2. The van der Waals surface area contributed by atoms with Gasteiger partial charge in [0.25, 0.3) is 0 Å². The lowest BCUT2D eigenvalue weighted by Crippen LogP contribution is -2.10. The normalized spacial score (nSPS) is 11.5. The molecule has 11 aromatic carbocycles. The van der Waals surface area contributed by atoms with Crippen molar-refractivity contribution in [3.63, 3.8) is 0 Å². The van der Waals surface area contributed by atoms with Crippen LogP contribution in [0.25, 0.3) is 98.8 Å². The monoisotopic (exact) mass is 789 g/mol. The molecule has 1 aromatic heterocycles. The van der Waals surface area contributed by atoms with Gasteiger partial charge in [0.2, 0.25) is 0 Å². The van der Waals surface area contributed by atoms with Crippen molar-refractivity contribution in [2.24, 2.45) is 0 Å². The summed E-state index contributed by atoms with van der Waals surface area (Å²) in [5, 5.41) is 10.0. The third kappa shape index (κ3) is 6.12. The van der Waals surface area contributed by atoms with E-state index < -0.39 is 0 Å². The van der Waals surface area contributed by atoms with E-state index in [-0.39, 0.29) is 0 Å². The second-order valence-electron chi connectivity index (χ2n) is 16.1. The van der Waals surface area contributed by atoms with Crippen molar-refractivity contribution in [2.45, 2.75) is 0 Å². The van der Waals surface area contributed by atoms with E-state index in [1.807, 2.05) is 12.1 Å². The van der Waals surface area contributed by atoms with E-state index in [4.69, 9.17) is 4.42 Å². The van der Waals surface area contributed by atoms with Gasteiger partial charge < -0.3 is 9.32 Å². The Morgan fingerprint density at radius 2 is 0.677 bits per heavy atom. The molecule has 2 heteroatoms. The maximum absolute atomic E-state index is 6.43. The maximum Gasteiger partial charge on any atom is 0.143 e. The molecule has 0 radical (unpaired) electrons. The summed E-state index contributed by atoms with van der Waals surface area (Å²) in [6.45, 7) is 0. The molecule has 2 nitrogen and oxygen atoms in total. The highest BCUT2D eigenvalue weighted by Crippen LogP contribution is 2.42. The van der Waals surface area contributed by atoms with Crippen molar-refractivity contribution in [2.75, 3.05) is 4.90 Å². The molecule has 0 aliphatic heterocycles. The molecule has 290 valence electrons. The molecule has 12 aromatic rings. The highest BCUT2D eigenvalue weighted by molar-refractivity contribution is 6.25. The Balaban J connectivity index is 0.910. The minimum absolute atomic E-state index is 0.905. The molecule has 0 bridgehead atoms. The molecule has 0 atom stereocenters. The predicted octanol–water partition coefficient (Wildman–Crippen LogP) is 17.2. The van der Waals surface area contributed by atoms with Crippen LogP contribution >= 0.6 is 0 Å². The summed E-state index contributed by atoms with van der Waals surface area (Å²) in [4.78, 5) is 2.35. The van der Waals surface area contributed by atoms with Gasteiger partial charge >= 0.3 is 0 Å². The summed E-state index contributed by atoms with van der Waals surface area (Å²) in [5.41, 5.74) is 14.4. The molecular weight excluding hydrogens is 751 g/mol. The van der Waals surface area contributed by atoms with Gasteiger partial charge in [0.1, 0.15) is 11.2 Å². The van der Waals surface area contributed by atoms with Gasteiger partial charge in [-0.05, 0) is 120 Å². The Bertz CT molecular complexity index is 3570. The van der Waals surface area contributed by atoms with Crippen LogP contribution in [0.1, 0.15) is 0 Å². The number of para-hydroxylation sites is 2. The van der Waals surface area contributed by atoms with Crippen molar-refractivity contribution in [3.05, 3.63) is 237 Å². The number of benzene rings is 11. The largest absolute Gasteiger partial charge is 0.455 e. The van der Waals surface area contributed by atoms with Gasteiger partial charge in [-0.2, -0.15) is 0 Å².